The molecule has 1 aliphatic heterocycles. The fourth-order valence-electron chi connectivity index (χ4n) is 2.89. The number of carbonyl (C=O) groups excluding carboxylic acids is 1. The summed E-state index contributed by atoms with van der Waals surface area (Å²) in [7, 11) is 4.00. The maximum atomic E-state index is 12.8. The summed E-state index contributed by atoms with van der Waals surface area (Å²) < 4.78 is 0.552. The summed E-state index contributed by atoms with van der Waals surface area (Å²) in [5.74, 6) is 0.645. The van der Waals surface area contributed by atoms with Crippen molar-refractivity contribution in [2.45, 2.75) is 6.54 Å². The van der Waals surface area contributed by atoms with Gasteiger partial charge in [-0.3, -0.25) is 9.69 Å². The van der Waals surface area contributed by atoms with E-state index in [9.17, 15) is 4.79 Å². The quantitative estimate of drug-likeness (QED) is 0.535. The molecule has 27 heavy (non-hydrogen) atoms. The van der Waals surface area contributed by atoms with Crippen LogP contribution in [0, 0.1) is 0 Å². The Bertz CT molecular complexity index is 1020. The number of hydrogen-bond acceptors (Lipinski definition) is 5. The molecule has 1 aromatic heterocycles. The molecule has 1 N–H and O–H groups in total. The van der Waals surface area contributed by atoms with Gasteiger partial charge in [0.1, 0.15) is 10.1 Å². The highest BCUT2D eigenvalue weighted by atomic mass is 32.2. The Kier molecular flexibility index (Phi) is 4.72. The number of aromatic nitrogens is 2. The van der Waals surface area contributed by atoms with Crippen molar-refractivity contribution in [2.24, 2.45) is 0 Å². The number of aromatic amines is 1. The van der Waals surface area contributed by atoms with Crippen LogP contribution in [0.2, 0.25) is 0 Å². The molecule has 0 atom stereocenters. The lowest BCUT2D eigenvalue weighted by molar-refractivity contribution is -0.122. The van der Waals surface area contributed by atoms with Crippen LogP contribution in [0.3, 0.4) is 0 Å². The summed E-state index contributed by atoms with van der Waals surface area (Å²) in [6.45, 7) is 0.344. The third-order valence-corrected chi connectivity index (χ3v) is 5.70. The first-order valence-electron chi connectivity index (χ1n) is 8.47. The Morgan fingerprint density at radius 2 is 1.93 bits per heavy atom. The fourth-order valence-corrected chi connectivity index (χ4v) is 4.14. The van der Waals surface area contributed by atoms with E-state index in [-0.39, 0.29) is 5.91 Å². The lowest BCUT2D eigenvalue weighted by atomic mass is 10.2. The Hall–Kier alpha value is -2.64. The lowest BCUT2D eigenvalue weighted by Gasteiger charge is -2.12. The van der Waals surface area contributed by atoms with Gasteiger partial charge in [0.05, 0.1) is 22.5 Å². The molecule has 0 aliphatic carbocycles. The molecule has 7 heteroatoms. The number of hydrogen-bond donors (Lipinski definition) is 1. The first-order chi connectivity index (χ1) is 13.0. The van der Waals surface area contributed by atoms with Gasteiger partial charge in [-0.15, -0.1) is 0 Å². The molecule has 1 fully saturated rings. The highest BCUT2D eigenvalue weighted by Crippen LogP contribution is 2.33. The van der Waals surface area contributed by atoms with Crippen molar-refractivity contribution >= 4 is 57.0 Å². The van der Waals surface area contributed by atoms with Crippen molar-refractivity contribution in [3.8, 4) is 0 Å². The van der Waals surface area contributed by atoms with Crippen molar-refractivity contribution in [3.63, 3.8) is 0 Å². The van der Waals surface area contributed by atoms with E-state index >= 15 is 0 Å². The molecule has 0 radical (unpaired) electrons. The molecule has 1 amide bonds. The number of H-pyrrole nitrogens is 1. The highest BCUT2D eigenvalue weighted by molar-refractivity contribution is 8.26. The van der Waals surface area contributed by atoms with E-state index in [1.54, 1.807) is 4.90 Å². The minimum Gasteiger partial charge on any atom is -0.378 e. The van der Waals surface area contributed by atoms with Crippen LogP contribution in [0.4, 0.5) is 5.69 Å². The number of benzene rings is 2. The molecular weight excluding hydrogens is 376 g/mol. The predicted molar refractivity (Wildman–Crippen MR) is 116 cm³/mol. The van der Waals surface area contributed by atoms with Gasteiger partial charge in [-0.1, -0.05) is 48.2 Å². The third-order valence-electron chi connectivity index (χ3n) is 4.33. The second-order valence-electron chi connectivity index (χ2n) is 6.45. The topological polar surface area (TPSA) is 52.2 Å². The number of thiocarbonyl (C=S) groups is 1. The highest BCUT2D eigenvalue weighted by Gasteiger charge is 2.32. The molecular formula is C20H18N4OS2. The first-order valence-corrected chi connectivity index (χ1v) is 9.70. The fraction of sp³-hybridized carbons (Fsp3) is 0.150. The number of carbonyl (C=O) groups is 1. The standard InChI is InChI=1S/C20H18N4OS2/c1-23(2)14-9-7-13(8-10-14)11-17-19(25)24(20(26)27-17)12-18-21-15-5-3-4-6-16(15)22-18/h3-11H,12H2,1-2H3,(H,21,22)/b17-11-. The van der Waals surface area contributed by atoms with Crippen molar-refractivity contribution in [2.75, 3.05) is 19.0 Å². The van der Waals surface area contributed by atoms with Crippen LogP contribution >= 0.6 is 24.0 Å². The van der Waals surface area contributed by atoms with Gasteiger partial charge in [-0.2, -0.15) is 0 Å². The zero-order chi connectivity index (χ0) is 19.0. The summed E-state index contributed by atoms with van der Waals surface area (Å²) in [5.41, 5.74) is 3.93. The minimum atomic E-state index is -0.0813. The summed E-state index contributed by atoms with van der Waals surface area (Å²) in [4.78, 5) is 24.9. The van der Waals surface area contributed by atoms with Crippen LogP contribution in [0.25, 0.3) is 17.1 Å². The molecule has 136 valence electrons. The Labute approximate surface area is 167 Å². The van der Waals surface area contributed by atoms with Crippen LogP contribution in [-0.2, 0) is 11.3 Å². The van der Waals surface area contributed by atoms with Crippen LogP contribution in [0.15, 0.2) is 53.4 Å². The van der Waals surface area contributed by atoms with Gasteiger partial charge in [0, 0.05) is 19.8 Å². The largest absolute Gasteiger partial charge is 0.378 e. The molecule has 5 nitrogen and oxygen atoms in total. The molecule has 4 rings (SSSR count). The number of para-hydroxylation sites is 2. The van der Waals surface area contributed by atoms with E-state index in [0.717, 1.165) is 28.1 Å². The molecule has 2 heterocycles. The molecule has 1 aliphatic rings. The molecule has 0 saturated carbocycles. The number of nitrogens with one attached hydrogen (secondary N) is 1. The number of imidazole rings is 1. The number of amides is 1. The van der Waals surface area contributed by atoms with E-state index in [1.165, 1.54) is 11.8 Å². The summed E-state index contributed by atoms with van der Waals surface area (Å²) >= 11 is 6.75. The molecule has 1 saturated heterocycles. The number of anilines is 1. The van der Waals surface area contributed by atoms with E-state index in [2.05, 4.69) is 9.97 Å². The number of thioether (sulfide) groups is 1. The average molecular weight is 395 g/mol. The Morgan fingerprint density at radius 3 is 2.63 bits per heavy atom. The molecule has 0 bridgehead atoms. The molecule has 2 aromatic carbocycles. The van der Waals surface area contributed by atoms with Crippen LogP contribution < -0.4 is 4.90 Å². The van der Waals surface area contributed by atoms with Crippen LogP contribution in [-0.4, -0.2) is 39.2 Å². The van der Waals surface area contributed by atoms with Gasteiger partial charge >= 0.3 is 0 Å². The van der Waals surface area contributed by atoms with E-state index in [1.807, 2.05) is 73.6 Å². The maximum Gasteiger partial charge on any atom is 0.266 e. The smallest absolute Gasteiger partial charge is 0.266 e. The molecule has 0 spiro atoms. The second kappa shape index (κ2) is 7.17. The van der Waals surface area contributed by atoms with Crippen molar-refractivity contribution in [3.05, 3.63) is 64.8 Å². The Morgan fingerprint density at radius 1 is 1.19 bits per heavy atom. The number of rotatable bonds is 4. The molecule has 3 aromatic rings. The van der Waals surface area contributed by atoms with E-state index in [0.29, 0.717) is 15.8 Å². The summed E-state index contributed by atoms with van der Waals surface area (Å²) in [6.07, 6.45) is 1.89. The van der Waals surface area contributed by atoms with Gasteiger partial charge in [-0.25, -0.2) is 4.98 Å². The van der Waals surface area contributed by atoms with Crippen molar-refractivity contribution in [1.29, 1.82) is 0 Å². The SMILES string of the molecule is CN(C)c1ccc(/C=C2\SC(=S)N(Cc3nc4ccccc4[nH]3)C2=O)cc1. The van der Waals surface area contributed by atoms with Crippen molar-refractivity contribution < 1.29 is 4.79 Å². The average Bonchev–Trinajstić information content (AvgIpc) is 3.18. The monoisotopic (exact) mass is 394 g/mol. The van der Waals surface area contributed by atoms with Crippen molar-refractivity contribution in [1.82, 2.24) is 14.9 Å². The normalized spacial score (nSPS) is 15.9. The van der Waals surface area contributed by atoms with Gasteiger partial charge in [0.25, 0.3) is 5.91 Å². The summed E-state index contributed by atoms with van der Waals surface area (Å²) in [5, 5.41) is 0. The third kappa shape index (κ3) is 3.61. The maximum absolute atomic E-state index is 12.8. The van der Waals surface area contributed by atoms with E-state index in [4.69, 9.17) is 12.2 Å². The zero-order valence-corrected chi connectivity index (χ0v) is 16.6. The van der Waals surface area contributed by atoms with Gasteiger partial charge in [0.15, 0.2) is 0 Å². The first kappa shape index (κ1) is 17.8. The van der Waals surface area contributed by atoms with E-state index < -0.39 is 0 Å². The zero-order valence-electron chi connectivity index (χ0n) is 15.0. The second-order valence-corrected chi connectivity index (χ2v) is 8.13. The van der Waals surface area contributed by atoms with Gasteiger partial charge < -0.3 is 9.88 Å². The Balaban J connectivity index is 1.54. The van der Waals surface area contributed by atoms with Crippen LogP contribution in [0.1, 0.15) is 11.4 Å². The summed E-state index contributed by atoms with van der Waals surface area (Å²) in [6, 6.07) is 15.9. The number of nitrogens with zero attached hydrogens (tertiary/aromatic N) is 3. The minimum absolute atomic E-state index is 0.0813. The lowest BCUT2D eigenvalue weighted by Crippen LogP contribution is -2.27. The van der Waals surface area contributed by atoms with Gasteiger partial charge in [-0.05, 0) is 35.9 Å². The predicted octanol–water partition coefficient (Wildman–Crippen LogP) is 4.03. The molecule has 0 unspecified atom stereocenters. The van der Waals surface area contributed by atoms with Crippen LogP contribution in [0.5, 0.6) is 0 Å². The van der Waals surface area contributed by atoms with Gasteiger partial charge in [0.2, 0.25) is 0 Å². The number of fused-ring (bicyclic) bond motifs is 1.